The number of aliphatic hydroxyl groups excluding tert-OH is 1. The molecule has 1 aromatic rings. The number of hydrogen-bond donors (Lipinski definition) is 3. The van der Waals surface area contributed by atoms with Crippen LogP contribution >= 0.6 is 0 Å². The lowest BCUT2D eigenvalue weighted by Crippen LogP contribution is -2.35. The van der Waals surface area contributed by atoms with Crippen LogP contribution in [0.5, 0.6) is 0 Å². The molecule has 0 radical (unpaired) electrons. The van der Waals surface area contributed by atoms with Crippen LogP contribution in [0.15, 0.2) is 18.2 Å². The molecule has 0 bridgehead atoms. The Balaban J connectivity index is 1.84. The Kier molecular flexibility index (Phi) is 5.32. The van der Waals surface area contributed by atoms with Crippen molar-refractivity contribution < 1.29 is 14.8 Å². The lowest BCUT2D eigenvalue weighted by molar-refractivity contribution is -0.385. The molecule has 0 spiro atoms. The van der Waals surface area contributed by atoms with E-state index in [2.05, 4.69) is 10.6 Å². The second-order valence-electron chi connectivity index (χ2n) is 5.78. The fourth-order valence-electron chi connectivity index (χ4n) is 2.80. The smallest absolute Gasteiger partial charge is 0.319 e. The molecule has 120 valence electrons. The Hall–Kier alpha value is -2.15. The number of aryl methyl sites for hydroxylation is 1. The van der Waals surface area contributed by atoms with Gasteiger partial charge in [0, 0.05) is 23.9 Å². The molecule has 1 saturated carbocycles. The van der Waals surface area contributed by atoms with Crippen LogP contribution in [0.25, 0.3) is 0 Å². The molecule has 0 heterocycles. The summed E-state index contributed by atoms with van der Waals surface area (Å²) in [6.45, 7) is 2.15. The van der Waals surface area contributed by atoms with Crippen LogP contribution in [0.1, 0.15) is 31.2 Å². The number of carbonyl (C=O) groups excluding carboxylic acids is 1. The van der Waals surface area contributed by atoms with Crippen molar-refractivity contribution in [2.75, 3.05) is 11.9 Å². The van der Waals surface area contributed by atoms with Crippen LogP contribution in [0.3, 0.4) is 0 Å². The Morgan fingerprint density at radius 3 is 2.86 bits per heavy atom. The third kappa shape index (κ3) is 4.42. The highest BCUT2D eigenvalue weighted by Gasteiger charge is 2.20. The fourth-order valence-corrected chi connectivity index (χ4v) is 2.80. The SMILES string of the molecule is Cc1cc(NC(=O)NC[C@@H]2CCC[C@H](O)C2)ccc1[N+](=O)[O-]. The minimum atomic E-state index is -0.451. The van der Waals surface area contributed by atoms with E-state index in [1.54, 1.807) is 13.0 Å². The largest absolute Gasteiger partial charge is 0.393 e. The van der Waals surface area contributed by atoms with Gasteiger partial charge >= 0.3 is 6.03 Å². The summed E-state index contributed by atoms with van der Waals surface area (Å²) in [6.07, 6.45) is 3.28. The molecule has 1 aliphatic carbocycles. The van der Waals surface area contributed by atoms with Gasteiger partial charge in [0.05, 0.1) is 11.0 Å². The summed E-state index contributed by atoms with van der Waals surface area (Å²) in [5, 5.41) is 25.8. The first-order valence-corrected chi connectivity index (χ1v) is 7.43. The van der Waals surface area contributed by atoms with Gasteiger partial charge in [-0.05, 0) is 44.2 Å². The van der Waals surface area contributed by atoms with Gasteiger partial charge in [-0.2, -0.15) is 0 Å². The molecule has 0 aromatic heterocycles. The zero-order valence-corrected chi connectivity index (χ0v) is 12.5. The van der Waals surface area contributed by atoms with E-state index in [1.165, 1.54) is 12.1 Å². The van der Waals surface area contributed by atoms with E-state index in [0.717, 1.165) is 25.7 Å². The Bertz CT molecular complexity index is 562. The van der Waals surface area contributed by atoms with Crippen LogP contribution in [0.2, 0.25) is 0 Å². The average Bonchev–Trinajstić information content (AvgIpc) is 2.45. The minimum absolute atomic E-state index is 0.0298. The van der Waals surface area contributed by atoms with Crippen molar-refractivity contribution >= 4 is 17.4 Å². The van der Waals surface area contributed by atoms with E-state index >= 15 is 0 Å². The van der Waals surface area contributed by atoms with E-state index in [-0.39, 0.29) is 17.8 Å². The summed E-state index contributed by atoms with van der Waals surface area (Å²) in [5.41, 5.74) is 1.05. The van der Waals surface area contributed by atoms with Gasteiger partial charge in [0.1, 0.15) is 0 Å². The van der Waals surface area contributed by atoms with Gasteiger partial charge in [0.15, 0.2) is 0 Å². The molecule has 2 atom stereocenters. The number of nitrogens with zero attached hydrogens (tertiary/aromatic N) is 1. The summed E-state index contributed by atoms with van der Waals surface area (Å²) < 4.78 is 0. The Labute approximate surface area is 128 Å². The lowest BCUT2D eigenvalue weighted by atomic mass is 9.87. The quantitative estimate of drug-likeness (QED) is 0.587. The van der Waals surface area contributed by atoms with E-state index in [0.29, 0.717) is 23.7 Å². The van der Waals surface area contributed by atoms with Gasteiger partial charge in [-0.3, -0.25) is 10.1 Å². The highest BCUT2D eigenvalue weighted by Crippen LogP contribution is 2.24. The number of urea groups is 1. The van der Waals surface area contributed by atoms with E-state index in [9.17, 15) is 20.0 Å². The zero-order chi connectivity index (χ0) is 16.1. The molecule has 1 aromatic carbocycles. The van der Waals surface area contributed by atoms with Crippen molar-refractivity contribution in [2.45, 2.75) is 38.7 Å². The zero-order valence-electron chi connectivity index (χ0n) is 12.5. The fraction of sp³-hybridized carbons (Fsp3) is 0.533. The van der Waals surface area contributed by atoms with Gasteiger partial charge in [-0.15, -0.1) is 0 Å². The van der Waals surface area contributed by atoms with Crippen LogP contribution in [0, 0.1) is 23.0 Å². The van der Waals surface area contributed by atoms with Crippen molar-refractivity contribution in [3.8, 4) is 0 Å². The number of anilines is 1. The van der Waals surface area contributed by atoms with Crippen molar-refractivity contribution in [3.05, 3.63) is 33.9 Å². The van der Waals surface area contributed by atoms with Crippen LogP contribution in [-0.4, -0.2) is 28.7 Å². The first-order chi connectivity index (χ1) is 10.5. The number of nitro benzene ring substituents is 1. The van der Waals surface area contributed by atoms with Crippen molar-refractivity contribution in [1.82, 2.24) is 5.32 Å². The summed E-state index contributed by atoms with van der Waals surface area (Å²) in [6, 6.07) is 4.12. The summed E-state index contributed by atoms with van der Waals surface area (Å²) in [5.74, 6) is 0.299. The lowest BCUT2D eigenvalue weighted by Gasteiger charge is -2.25. The van der Waals surface area contributed by atoms with Crippen LogP contribution in [-0.2, 0) is 0 Å². The molecule has 2 rings (SSSR count). The number of benzene rings is 1. The maximum atomic E-state index is 11.8. The third-order valence-corrected chi connectivity index (χ3v) is 3.96. The first kappa shape index (κ1) is 16.2. The molecule has 3 N–H and O–H groups in total. The van der Waals surface area contributed by atoms with Crippen LogP contribution < -0.4 is 10.6 Å². The number of carbonyl (C=O) groups is 1. The van der Waals surface area contributed by atoms with Gasteiger partial charge in [0.2, 0.25) is 0 Å². The molecule has 22 heavy (non-hydrogen) atoms. The predicted octanol–water partition coefficient (Wildman–Crippen LogP) is 2.58. The molecule has 0 aliphatic heterocycles. The second kappa shape index (κ2) is 7.22. The molecule has 2 amide bonds. The third-order valence-electron chi connectivity index (χ3n) is 3.96. The molecular formula is C15H21N3O4. The topological polar surface area (TPSA) is 104 Å². The highest BCUT2D eigenvalue weighted by atomic mass is 16.6. The standard InChI is InChI=1S/C15H21N3O4/c1-10-7-12(5-6-14(10)18(21)22)17-15(20)16-9-11-3-2-4-13(19)8-11/h5-7,11,13,19H,2-4,8-9H2,1H3,(H2,16,17,20)/t11-,13+/m1/s1. The van der Waals surface area contributed by atoms with Gasteiger partial charge in [-0.25, -0.2) is 4.79 Å². The van der Waals surface area contributed by atoms with Crippen molar-refractivity contribution in [2.24, 2.45) is 5.92 Å². The molecule has 0 saturated heterocycles. The number of rotatable bonds is 4. The van der Waals surface area contributed by atoms with Crippen LogP contribution in [0.4, 0.5) is 16.2 Å². The van der Waals surface area contributed by atoms with E-state index in [1.807, 2.05) is 0 Å². The normalized spacial score (nSPS) is 21.2. The molecule has 0 unspecified atom stereocenters. The van der Waals surface area contributed by atoms with Gasteiger partial charge in [0.25, 0.3) is 5.69 Å². The Morgan fingerprint density at radius 1 is 1.45 bits per heavy atom. The van der Waals surface area contributed by atoms with Crippen molar-refractivity contribution in [3.63, 3.8) is 0 Å². The number of hydrogen-bond acceptors (Lipinski definition) is 4. The number of aliphatic hydroxyl groups is 1. The molecular weight excluding hydrogens is 286 g/mol. The number of amides is 2. The van der Waals surface area contributed by atoms with E-state index in [4.69, 9.17) is 0 Å². The van der Waals surface area contributed by atoms with Gasteiger partial charge in [-0.1, -0.05) is 6.42 Å². The second-order valence-corrected chi connectivity index (χ2v) is 5.78. The van der Waals surface area contributed by atoms with E-state index < -0.39 is 4.92 Å². The minimum Gasteiger partial charge on any atom is -0.393 e. The summed E-state index contributed by atoms with van der Waals surface area (Å²) in [7, 11) is 0. The summed E-state index contributed by atoms with van der Waals surface area (Å²) in [4.78, 5) is 22.1. The maximum absolute atomic E-state index is 11.8. The summed E-state index contributed by atoms with van der Waals surface area (Å²) >= 11 is 0. The maximum Gasteiger partial charge on any atom is 0.319 e. The number of nitro groups is 1. The predicted molar refractivity (Wildman–Crippen MR) is 82.8 cm³/mol. The number of nitrogens with one attached hydrogen (secondary N) is 2. The monoisotopic (exact) mass is 307 g/mol. The van der Waals surface area contributed by atoms with Gasteiger partial charge < -0.3 is 15.7 Å². The molecule has 1 aliphatic rings. The molecule has 7 nitrogen and oxygen atoms in total. The first-order valence-electron chi connectivity index (χ1n) is 7.43. The highest BCUT2D eigenvalue weighted by molar-refractivity contribution is 5.89. The molecule has 7 heteroatoms. The Morgan fingerprint density at radius 2 is 2.23 bits per heavy atom. The molecule has 1 fully saturated rings. The van der Waals surface area contributed by atoms with Crippen molar-refractivity contribution in [1.29, 1.82) is 0 Å². The average molecular weight is 307 g/mol.